The van der Waals surface area contributed by atoms with Gasteiger partial charge in [-0.05, 0) is 23.5 Å². The minimum Gasteiger partial charge on any atom is -0.352 e. The number of hydrogen-bond acceptors (Lipinski definition) is 4. The maximum atomic E-state index is 12.7. The topological polar surface area (TPSA) is 58.1 Å². The summed E-state index contributed by atoms with van der Waals surface area (Å²) < 4.78 is 0. The van der Waals surface area contributed by atoms with E-state index in [1.165, 1.54) is 11.1 Å². The summed E-state index contributed by atoms with van der Waals surface area (Å²) in [4.78, 5) is 24.4. The molecule has 2 heterocycles. The first kappa shape index (κ1) is 19.1. The standard InChI is InChI=1S/C24H26N4O/c1-17(2)15-25-24(29)21-14-22(27-23(26-21)19-9-4-3-5-10-19)28-13-12-18-8-6-7-11-20(18)16-28/h3-11,14,17H,12-13,15-16H2,1-2H3,(H,25,29). The van der Waals surface area contributed by atoms with E-state index in [4.69, 9.17) is 4.98 Å². The van der Waals surface area contributed by atoms with Crippen molar-refractivity contribution in [3.63, 3.8) is 0 Å². The fourth-order valence-electron chi connectivity index (χ4n) is 3.51. The molecule has 29 heavy (non-hydrogen) atoms. The number of amides is 1. The zero-order valence-electron chi connectivity index (χ0n) is 16.9. The van der Waals surface area contributed by atoms with Crippen LogP contribution in [0.5, 0.6) is 0 Å². The summed E-state index contributed by atoms with van der Waals surface area (Å²) in [5.74, 6) is 1.60. The highest BCUT2D eigenvalue weighted by Gasteiger charge is 2.20. The zero-order valence-corrected chi connectivity index (χ0v) is 16.9. The van der Waals surface area contributed by atoms with E-state index in [9.17, 15) is 4.79 Å². The molecule has 148 valence electrons. The molecule has 1 aliphatic rings. The van der Waals surface area contributed by atoms with Gasteiger partial charge in [0.1, 0.15) is 11.5 Å². The van der Waals surface area contributed by atoms with Crippen LogP contribution in [-0.2, 0) is 13.0 Å². The van der Waals surface area contributed by atoms with Crippen molar-refractivity contribution in [3.05, 3.63) is 77.5 Å². The highest BCUT2D eigenvalue weighted by molar-refractivity contribution is 5.93. The van der Waals surface area contributed by atoms with Crippen molar-refractivity contribution in [3.8, 4) is 11.4 Å². The Bertz CT molecular complexity index is 1000. The number of aromatic nitrogens is 2. The van der Waals surface area contributed by atoms with E-state index in [-0.39, 0.29) is 5.91 Å². The van der Waals surface area contributed by atoms with E-state index in [0.29, 0.717) is 24.0 Å². The Morgan fingerprint density at radius 2 is 1.76 bits per heavy atom. The van der Waals surface area contributed by atoms with Crippen LogP contribution in [0.25, 0.3) is 11.4 Å². The summed E-state index contributed by atoms with van der Waals surface area (Å²) in [6, 6.07) is 20.2. The molecule has 0 saturated carbocycles. The highest BCUT2D eigenvalue weighted by Crippen LogP contribution is 2.26. The normalized spacial score (nSPS) is 13.3. The maximum Gasteiger partial charge on any atom is 0.270 e. The molecule has 2 aromatic carbocycles. The van der Waals surface area contributed by atoms with E-state index in [2.05, 4.69) is 53.3 Å². The van der Waals surface area contributed by atoms with E-state index in [0.717, 1.165) is 30.9 Å². The van der Waals surface area contributed by atoms with Crippen LogP contribution >= 0.6 is 0 Å². The van der Waals surface area contributed by atoms with Gasteiger partial charge < -0.3 is 10.2 Å². The number of nitrogens with one attached hydrogen (secondary N) is 1. The minimum absolute atomic E-state index is 0.156. The molecule has 3 aromatic rings. The molecule has 1 aliphatic heterocycles. The quantitative estimate of drug-likeness (QED) is 0.717. The zero-order chi connectivity index (χ0) is 20.2. The van der Waals surface area contributed by atoms with Crippen molar-refractivity contribution >= 4 is 11.7 Å². The van der Waals surface area contributed by atoms with Gasteiger partial charge in [-0.2, -0.15) is 0 Å². The summed E-state index contributed by atoms with van der Waals surface area (Å²) >= 11 is 0. The van der Waals surface area contributed by atoms with Crippen LogP contribution in [0.1, 0.15) is 35.5 Å². The minimum atomic E-state index is -0.156. The summed E-state index contributed by atoms with van der Waals surface area (Å²) in [5, 5.41) is 2.98. The largest absolute Gasteiger partial charge is 0.352 e. The molecule has 1 amide bonds. The summed E-state index contributed by atoms with van der Waals surface area (Å²) in [6.45, 7) is 6.43. The Hall–Kier alpha value is -3.21. The number of anilines is 1. The van der Waals surface area contributed by atoms with Crippen LogP contribution in [0.3, 0.4) is 0 Å². The first-order chi connectivity index (χ1) is 14.1. The summed E-state index contributed by atoms with van der Waals surface area (Å²) in [7, 11) is 0. The van der Waals surface area contributed by atoms with Gasteiger partial charge in [-0.15, -0.1) is 0 Å². The van der Waals surface area contributed by atoms with E-state index < -0.39 is 0 Å². The van der Waals surface area contributed by atoms with Crippen LogP contribution in [-0.4, -0.2) is 29.0 Å². The third-order valence-electron chi connectivity index (χ3n) is 5.10. The summed E-state index contributed by atoms with van der Waals surface area (Å²) in [5.41, 5.74) is 4.01. The van der Waals surface area contributed by atoms with E-state index >= 15 is 0 Å². The molecule has 5 heteroatoms. The Morgan fingerprint density at radius 3 is 2.52 bits per heavy atom. The number of nitrogens with zero attached hydrogens (tertiary/aromatic N) is 3. The van der Waals surface area contributed by atoms with E-state index in [1.54, 1.807) is 0 Å². The molecular formula is C24H26N4O. The average molecular weight is 386 g/mol. The van der Waals surface area contributed by atoms with Gasteiger partial charge >= 0.3 is 0 Å². The van der Waals surface area contributed by atoms with Gasteiger partial charge in [0.2, 0.25) is 0 Å². The Balaban J connectivity index is 1.69. The lowest BCUT2D eigenvalue weighted by molar-refractivity contribution is 0.0944. The lowest BCUT2D eigenvalue weighted by Crippen LogP contribution is -2.32. The molecule has 1 N–H and O–H groups in total. The van der Waals surface area contributed by atoms with Gasteiger partial charge in [-0.1, -0.05) is 68.4 Å². The number of hydrogen-bond donors (Lipinski definition) is 1. The molecule has 5 nitrogen and oxygen atoms in total. The second-order valence-electron chi connectivity index (χ2n) is 7.85. The molecule has 1 aromatic heterocycles. The van der Waals surface area contributed by atoms with Crippen LogP contribution < -0.4 is 10.2 Å². The number of carbonyl (C=O) groups excluding carboxylic acids is 1. The van der Waals surface area contributed by atoms with Crippen molar-refractivity contribution in [1.82, 2.24) is 15.3 Å². The second-order valence-corrected chi connectivity index (χ2v) is 7.85. The molecular weight excluding hydrogens is 360 g/mol. The monoisotopic (exact) mass is 386 g/mol. The van der Waals surface area contributed by atoms with Gasteiger partial charge in [-0.3, -0.25) is 4.79 Å². The van der Waals surface area contributed by atoms with E-state index in [1.807, 2.05) is 36.4 Å². The Morgan fingerprint density at radius 1 is 1.03 bits per heavy atom. The fraction of sp³-hybridized carbons (Fsp3) is 0.292. The Kier molecular flexibility index (Phi) is 5.56. The molecule has 0 radical (unpaired) electrons. The molecule has 0 atom stereocenters. The number of fused-ring (bicyclic) bond motifs is 1. The molecule has 0 spiro atoms. The third kappa shape index (κ3) is 4.45. The molecule has 4 rings (SSSR count). The van der Waals surface area contributed by atoms with Crippen LogP contribution in [0.15, 0.2) is 60.7 Å². The maximum absolute atomic E-state index is 12.7. The SMILES string of the molecule is CC(C)CNC(=O)c1cc(N2CCc3ccccc3C2)nc(-c2ccccc2)n1. The van der Waals surface area contributed by atoms with Gasteiger partial charge in [0.05, 0.1) is 0 Å². The Labute approximate surface area is 171 Å². The summed E-state index contributed by atoms with van der Waals surface area (Å²) in [6.07, 6.45) is 0.968. The second kappa shape index (κ2) is 8.43. The van der Waals surface area contributed by atoms with Gasteiger partial charge in [0.25, 0.3) is 5.91 Å². The predicted molar refractivity (Wildman–Crippen MR) is 116 cm³/mol. The molecule has 0 saturated heterocycles. The van der Waals surface area contributed by atoms with Crippen molar-refractivity contribution in [2.24, 2.45) is 5.92 Å². The van der Waals surface area contributed by atoms with Crippen molar-refractivity contribution < 1.29 is 4.79 Å². The van der Waals surface area contributed by atoms with Crippen LogP contribution in [0, 0.1) is 5.92 Å². The molecule has 0 fully saturated rings. The predicted octanol–water partition coefficient (Wildman–Crippen LogP) is 4.09. The number of carbonyl (C=O) groups is 1. The fourth-order valence-corrected chi connectivity index (χ4v) is 3.51. The van der Waals surface area contributed by atoms with Crippen molar-refractivity contribution in [2.75, 3.05) is 18.0 Å². The third-order valence-corrected chi connectivity index (χ3v) is 5.10. The van der Waals surface area contributed by atoms with Crippen molar-refractivity contribution in [1.29, 1.82) is 0 Å². The number of benzene rings is 2. The molecule has 0 unspecified atom stereocenters. The number of rotatable bonds is 5. The molecule has 0 bridgehead atoms. The smallest absolute Gasteiger partial charge is 0.270 e. The average Bonchev–Trinajstić information content (AvgIpc) is 2.77. The highest BCUT2D eigenvalue weighted by atomic mass is 16.1. The van der Waals surface area contributed by atoms with Gasteiger partial charge in [0, 0.05) is 31.3 Å². The van der Waals surface area contributed by atoms with Gasteiger partial charge in [-0.25, -0.2) is 9.97 Å². The van der Waals surface area contributed by atoms with Crippen LogP contribution in [0.4, 0.5) is 5.82 Å². The van der Waals surface area contributed by atoms with Crippen LogP contribution in [0.2, 0.25) is 0 Å². The first-order valence-electron chi connectivity index (χ1n) is 10.1. The lowest BCUT2D eigenvalue weighted by Gasteiger charge is -2.30. The van der Waals surface area contributed by atoms with Gasteiger partial charge in [0.15, 0.2) is 5.82 Å². The molecule has 0 aliphatic carbocycles. The lowest BCUT2D eigenvalue weighted by atomic mass is 10.00. The first-order valence-corrected chi connectivity index (χ1v) is 10.1. The van der Waals surface area contributed by atoms with Crippen molar-refractivity contribution in [2.45, 2.75) is 26.8 Å².